The van der Waals surface area contributed by atoms with E-state index in [0.717, 1.165) is 0 Å². The summed E-state index contributed by atoms with van der Waals surface area (Å²) in [6, 6.07) is 39.5. The minimum Gasteiger partial charge on any atom is -1.00 e. The fourth-order valence-electron chi connectivity index (χ4n) is 4.72. The molecule has 0 heterocycles. The van der Waals surface area contributed by atoms with Gasteiger partial charge in [0.25, 0.3) is 0 Å². The molecule has 0 spiro atoms. The summed E-state index contributed by atoms with van der Waals surface area (Å²) in [5.74, 6) is 3.41. The highest BCUT2D eigenvalue weighted by molar-refractivity contribution is 6.14. The summed E-state index contributed by atoms with van der Waals surface area (Å²) in [6.07, 6.45) is 0. The van der Waals surface area contributed by atoms with Crippen LogP contribution in [0.15, 0.2) is 146 Å². The second kappa shape index (κ2) is 20.2. The van der Waals surface area contributed by atoms with Crippen LogP contribution in [0, 0.1) is 5.41 Å². The molecule has 51 heavy (non-hydrogen) atoms. The lowest BCUT2D eigenvalue weighted by Crippen LogP contribution is -3.00. The number of nitrogens with one attached hydrogen (secondary N) is 1. The van der Waals surface area contributed by atoms with Crippen molar-refractivity contribution in [3.8, 4) is 34.5 Å². The largest absolute Gasteiger partial charge is 1.00 e. The van der Waals surface area contributed by atoms with Crippen LogP contribution in [0.1, 0.15) is 44.2 Å². The van der Waals surface area contributed by atoms with E-state index in [2.05, 4.69) is 11.6 Å². The van der Waals surface area contributed by atoms with E-state index >= 15 is 0 Å². The quantitative estimate of drug-likeness (QED) is 0.0693. The van der Waals surface area contributed by atoms with Crippen LogP contribution in [0.2, 0.25) is 0 Å². The number of phenolic OH excluding ortho intramolecular Hbond substituents is 6. The van der Waals surface area contributed by atoms with E-state index in [9.17, 15) is 35.4 Å². The van der Waals surface area contributed by atoms with Gasteiger partial charge >= 0.3 is 0 Å². The molecule has 11 nitrogen and oxygen atoms in total. The average molecular weight is 712 g/mol. The summed E-state index contributed by atoms with van der Waals surface area (Å²) in [4.78, 5) is 12.0. The number of quaternary nitrogens is 1. The predicted molar refractivity (Wildman–Crippen MR) is 189 cm³/mol. The number of rotatable bonds is 6. The van der Waals surface area contributed by atoms with Gasteiger partial charge in [-0.1, -0.05) is 72.8 Å². The van der Waals surface area contributed by atoms with E-state index in [1.807, 2.05) is 12.1 Å². The highest BCUT2D eigenvalue weighted by atomic mass is 35.5. The normalized spacial score (nSPS) is 9.73. The number of halogens is 1. The molecule has 6 rings (SSSR count). The van der Waals surface area contributed by atoms with Crippen molar-refractivity contribution in [3.05, 3.63) is 179 Å². The Bertz CT molecular complexity index is 1800. The van der Waals surface area contributed by atoms with Crippen molar-refractivity contribution in [2.45, 2.75) is 6.04 Å². The van der Waals surface area contributed by atoms with Gasteiger partial charge in [0.2, 0.25) is 0 Å². The van der Waals surface area contributed by atoms with Gasteiger partial charge in [0.1, 0.15) is 40.5 Å². The minimum atomic E-state index is -0.392. The van der Waals surface area contributed by atoms with E-state index in [-0.39, 0.29) is 69.8 Å². The lowest BCUT2D eigenvalue weighted by Gasteiger charge is -2.11. The number of aromatic hydroxyl groups is 6. The molecule has 0 aliphatic rings. The van der Waals surface area contributed by atoms with Gasteiger partial charge < -0.3 is 54.0 Å². The Morgan fingerprint density at radius 3 is 0.961 bits per heavy atom. The maximum atomic E-state index is 12.0. The molecule has 264 valence electrons. The van der Waals surface area contributed by atoms with Crippen LogP contribution in [-0.4, -0.2) is 47.3 Å². The Balaban J connectivity index is 0.000000256. The third-order valence-electron chi connectivity index (χ3n) is 7.27. The molecule has 0 fully saturated rings. The third kappa shape index (κ3) is 10.8. The summed E-state index contributed by atoms with van der Waals surface area (Å²) in [7, 11) is 0. The monoisotopic (exact) mass is 711 g/mol. The summed E-state index contributed by atoms with van der Waals surface area (Å²) in [5, 5.41) is 72.1. The highest BCUT2D eigenvalue weighted by Gasteiger charge is 2.19. The number of benzene rings is 6. The molecule has 12 heteroatoms. The van der Waals surface area contributed by atoms with Gasteiger partial charge in [0.15, 0.2) is 5.78 Å². The molecular weight excluding hydrogens is 674 g/mol. The first kappa shape index (κ1) is 40.8. The Morgan fingerprint density at radius 1 is 0.451 bits per heavy atom. The first-order chi connectivity index (χ1) is 24.1. The van der Waals surface area contributed by atoms with Crippen LogP contribution in [0.3, 0.4) is 0 Å². The molecule has 13 N–H and O–H groups in total. The van der Waals surface area contributed by atoms with E-state index in [1.54, 1.807) is 97.1 Å². The average Bonchev–Trinajstić information content (AvgIpc) is 3.13. The van der Waals surface area contributed by atoms with Crippen LogP contribution in [0.5, 0.6) is 34.5 Å². The molecule has 0 radical (unpaired) electrons. The van der Waals surface area contributed by atoms with Gasteiger partial charge in [-0.25, -0.2) is 5.90 Å². The number of para-hydroxylation sites is 6. The minimum absolute atomic E-state index is 0. The summed E-state index contributed by atoms with van der Waals surface area (Å²) < 4.78 is 0. The van der Waals surface area contributed by atoms with Crippen molar-refractivity contribution in [2.24, 2.45) is 5.90 Å². The molecule has 6 aromatic carbocycles. The first-order valence-corrected chi connectivity index (χ1v) is 15.0. The molecule has 0 saturated heterocycles. The number of carbonyl (C=O) groups is 1. The Labute approximate surface area is 300 Å². The fraction of sp³-hybridized carbons (Fsp3) is 0.0256. The van der Waals surface area contributed by atoms with Crippen LogP contribution < -0.4 is 24.0 Å². The maximum Gasteiger partial charge on any atom is 0.200 e. The van der Waals surface area contributed by atoms with Crippen LogP contribution in [0.4, 0.5) is 0 Å². The van der Waals surface area contributed by atoms with Crippen molar-refractivity contribution >= 4 is 11.5 Å². The van der Waals surface area contributed by atoms with Gasteiger partial charge in [-0.05, 0) is 72.8 Å². The zero-order valence-corrected chi connectivity index (χ0v) is 27.9. The summed E-state index contributed by atoms with van der Waals surface area (Å²) >= 11 is 0. The second-order valence-electron chi connectivity index (χ2n) is 10.4. The van der Waals surface area contributed by atoms with Crippen molar-refractivity contribution in [1.29, 1.82) is 5.41 Å². The Kier molecular flexibility index (Phi) is 16.2. The van der Waals surface area contributed by atoms with E-state index in [0.29, 0.717) is 22.3 Å². The highest BCUT2D eigenvalue weighted by Crippen LogP contribution is 2.30. The first-order valence-electron chi connectivity index (χ1n) is 15.0. The van der Waals surface area contributed by atoms with Gasteiger partial charge in [-0.3, -0.25) is 10.2 Å². The van der Waals surface area contributed by atoms with Gasteiger partial charge in [-0.15, -0.1) is 0 Å². The summed E-state index contributed by atoms with van der Waals surface area (Å²) in [6.45, 7) is 0. The number of phenols is 6. The SMILES string of the molecule is N=C(c1ccccc1O)c1ccccc1O.NO.O=C(c1ccccc1O)c1ccccc1O.[Cl-].[NH3+]C(c1ccccc1O)c1ccccc1O. The fourth-order valence-corrected chi connectivity index (χ4v) is 4.72. The number of nitrogens with two attached hydrogens (primary N) is 1. The topological polar surface area (TPSA) is 236 Å². The molecule has 0 amide bonds. The standard InChI is InChI=1S/C13H13NO2.C13H11NO2.C13H10O3.ClH.H3NO/c2*14-13(9-5-1-3-7-11(9)15)10-6-2-4-8-12(10)16;14-11-7-3-1-5-9(11)13(16)10-6-2-4-8-12(10)15;;1-2/h1-8,13,15-16H,14H2;1-8,14-16H;1-8,14-15H;1H;2H,1H2. The molecule has 0 atom stereocenters. The summed E-state index contributed by atoms with van der Waals surface area (Å²) in [5.41, 5.74) is 6.69. The number of ketones is 1. The predicted octanol–water partition coefficient (Wildman–Crippen LogP) is 2.61. The van der Waals surface area contributed by atoms with Crippen LogP contribution in [-0.2, 0) is 0 Å². The molecule has 0 aromatic heterocycles. The van der Waals surface area contributed by atoms with E-state index in [1.165, 1.54) is 36.4 Å². The third-order valence-corrected chi connectivity index (χ3v) is 7.27. The van der Waals surface area contributed by atoms with Gasteiger partial charge in [-0.2, -0.15) is 0 Å². The van der Waals surface area contributed by atoms with Crippen LogP contribution >= 0.6 is 0 Å². The number of carbonyl (C=O) groups excluding carboxylic acids is 1. The van der Waals surface area contributed by atoms with Crippen molar-refractivity contribution in [1.82, 2.24) is 0 Å². The van der Waals surface area contributed by atoms with Gasteiger partial charge in [0, 0.05) is 11.1 Å². The lowest BCUT2D eigenvalue weighted by atomic mass is 9.98. The molecule has 6 aromatic rings. The lowest BCUT2D eigenvalue weighted by molar-refractivity contribution is -0.412. The Morgan fingerprint density at radius 2 is 0.686 bits per heavy atom. The Hall–Kier alpha value is -6.37. The van der Waals surface area contributed by atoms with Gasteiger partial charge in [0.05, 0.1) is 28.0 Å². The zero-order valence-electron chi connectivity index (χ0n) is 27.1. The van der Waals surface area contributed by atoms with Crippen molar-refractivity contribution < 1.29 is 58.8 Å². The maximum absolute atomic E-state index is 12.0. The molecule has 0 bridgehead atoms. The molecule has 0 unspecified atom stereocenters. The molecule has 0 aliphatic heterocycles. The zero-order chi connectivity index (χ0) is 36.6. The van der Waals surface area contributed by atoms with E-state index < -0.39 is 5.78 Å². The number of hydrogen-bond acceptors (Lipinski definition) is 10. The smallest absolute Gasteiger partial charge is 0.200 e. The molecule has 0 saturated carbocycles. The second-order valence-corrected chi connectivity index (χ2v) is 10.4. The van der Waals surface area contributed by atoms with Crippen molar-refractivity contribution in [2.75, 3.05) is 0 Å². The number of hydrogen-bond donors (Lipinski definition) is 10. The molecule has 0 aliphatic carbocycles. The van der Waals surface area contributed by atoms with Crippen molar-refractivity contribution in [3.63, 3.8) is 0 Å². The van der Waals surface area contributed by atoms with E-state index in [4.69, 9.17) is 10.6 Å². The van der Waals surface area contributed by atoms with Crippen LogP contribution in [0.25, 0.3) is 0 Å². The molecular formula is C39H38ClN3O8.